The highest BCUT2D eigenvalue weighted by atomic mass is 16.5. The van der Waals surface area contributed by atoms with Crippen LogP contribution in [0.1, 0.15) is 49.1 Å². The number of benzene rings is 4. The van der Waals surface area contributed by atoms with E-state index >= 15 is 0 Å². The Morgan fingerprint density at radius 3 is 2.42 bits per heavy atom. The number of β-amino-alcohol motifs (C(OH)–C–C–N with tert-alkyl or cyclic N) is 1. The molecule has 36 heavy (non-hydrogen) atoms. The van der Waals surface area contributed by atoms with Crippen molar-refractivity contribution in [2.24, 2.45) is 0 Å². The lowest BCUT2D eigenvalue weighted by Crippen LogP contribution is -2.46. The van der Waals surface area contributed by atoms with Crippen LogP contribution in [0.4, 0.5) is 0 Å². The van der Waals surface area contributed by atoms with E-state index in [2.05, 4.69) is 118 Å². The first kappa shape index (κ1) is 26.1. The van der Waals surface area contributed by atoms with E-state index in [1.807, 2.05) is 6.92 Å². The summed E-state index contributed by atoms with van der Waals surface area (Å²) in [6, 6.07) is 30.0. The van der Waals surface area contributed by atoms with Gasteiger partial charge in [0, 0.05) is 12.1 Å². The lowest BCUT2D eigenvalue weighted by molar-refractivity contribution is -0.00416. The number of fused-ring (bicyclic) bond motifs is 1. The predicted molar refractivity (Wildman–Crippen MR) is 151 cm³/mol. The Morgan fingerprint density at radius 2 is 1.61 bits per heavy atom. The van der Waals surface area contributed by atoms with E-state index < -0.39 is 6.10 Å². The second-order valence-electron chi connectivity index (χ2n) is 10.6. The van der Waals surface area contributed by atoms with Gasteiger partial charge in [-0.1, -0.05) is 78.9 Å². The minimum atomic E-state index is -0.578. The number of hydrogen-bond acceptors (Lipinski definition) is 3. The van der Waals surface area contributed by atoms with E-state index in [-0.39, 0.29) is 18.2 Å². The maximum atomic E-state index is 10.6. The van der Waals surface area contributed by atoms with Crippen LogP contribution in [0.3, 0.4) is 0 Å². The summed E-state index contributed by atoms with van der Waals surface area (Å²) in [6.45, 7) is 11.5. The minimum Gasteiger partial charge on any atom is -0.389 e. The lowest BCUT2D eigenvalue weighted by Gasteiger charge is -2.28. The highest BCUT2D eigenvalue weighted by Gasteiger charge is 2.20. The molecule has 0 saturated heterocycles. The molecule has 0 spiro atoms. The highest BCUT2D eigenvalue weighted by Crippen LogP contribution is 2.28. The van der Waals surface area contributed by atoms with Gasteiger partial charge in [0.25, 0.3) is 0 Å². The van der Waals surface area contributed by atoms with Gasteiger partial charge in [0.1, 0.15) is 0 Å². The zero-order chi connectivity index (χ0) is 25.7. The third-order valence-corrected chi connectivity index (χ3v) is 7.09. The van der Waals surface area contributed by atoms with Crippen LogP contribution < -0.4 is 5.32 Å². The number of aryl methyl sites for hydroxylation is 1. The fourth-order valence-corrected chi connectivity index (χ4v) is 4.75. The highest BCUT2D eigenvalue weighted by molar-refractivity contribution is 5.83. The molecule has 0 saturated carbocycles. The van der Waals surface area contributed by atoms with E-state index in [0.29, 0.717) is 6.54 Å². The quantitative estimate of drug-likeness (QED) is 0.252. The molecule has 188 valence electrons. The number of rotatable bonds is 10. The molecule has 3 nitrogen and oxygen atoms in total. The van der Waals surface area contributed by atoms with Crippen LogP contribution in [0.5, 0.6) is 0 Å². The molecule has 0 bridgehead atoms. The third kappa shape index (κ3) is 6.61. The molecular formula is C33H39NO2. The van der Waals surface area contributed by atoms with Crippen molar-refractivity contribution in [2.75, 3.05) is 13.2 Å². The molecule has 3 heteroatoms. The number of aliphatic hydroxyl groups is 1. The topological polar surface area (TPSA) is 41.5 Å². The van der Waals surface area contributed by atoms with Gasteiger partial charge in [0.05, 0.1) is 18.8 Å². The molecule has 2 N–H and O–H groups in total. The summed E-state index contributed by atoms with van der Waals surface area (Å²) in [5, 5.41) is 16.7. The summed E-state index contributed by atoms with van der Waals surface area (Å²) in [5.74, 6) is 0. The van der Waals surface area contributed by atoms with Crippen LogP contribution in [0.15, 0.2) is 84.9 Å². The van der Waals surface area contributed by atoms with Gasteiger partial charge < -0.3 is 15.2 Å². The number of hydrogen-bond donors (Lipinski definition) is 2. The molecule has 0 radical (unpaired) electrons. The SMILES string of the molecule is Cc1cccc(-c2cccc(C(C)OC[C@H](O)CNC(C)(C)Cc3ccc4ccccc4c3)c2)c1C. The van der Waals surface area contributed by atoms with Gasteiger partial charge >= 0.3 is 0 Å². The lowest BCUT2D eigenvalue weighted by atomic mass is 9.93. The van der Waals surface area contributed by atoms with Crippen molar-refractivity contribution in [3.63, 3.8) is 0 Å². The van der Waals surface area contributed by atoms with Crippen LogP contribution in [-0.2, 0) is 11.2 Å². The fraction of sp³-hybridized carbons (Fsp3) is 0.333. The molecule has 0 aliphatic rings. The largest absolute Gasteiger partial charge is 0.389 e. The minimum absolute atomic E-state index is 0.102. The monoisotopic (exact) mass is 481 g/mol. The van der Waals surface area contributed by atoms with E-state index in [1.165, 1.54) is 38.6 Å². The summed E-state index contributed by atoms with van der Waals surface area (Å²) >= 11 is 0. The first-order valence-corrected chi connectivity index (χ1v) is 12.9. The number of nitrogens with one attached hydrogen (secondary N) is 1. The van der Waals surface area contributed by atoms with Gasteiger partial charge in [-0.25, -0.2) is 0 Å². The first-order valence-electron chi connectivity index (χ1n) is 12.9. The van der Waals surface area contributed by atoms with Gasteiger partial charge in [-0.05, 0) is 91.3 Å². The van der Waals surface area contributed by atoms with Crippen LogP contribution in [-0.4, -0.2) is 29.9 Å². The summed E-state index contributed by atoms with van der Waals surface area (Å²) in [4.78, 5) is 0. The molecule has 0 amide bonds. The molecule has 0 fully saturated rings. The van der Waals surface area contributed by atoms with E-state index in [4.69, 9.17) is 4.74 Å². The van der Waals surface area contributed by atoms with E-state index in [1.54, 1.807) is 0 Å². The first-order chi connectivity index (χ1) is 17.2. The number of aliphatic hydroxyl groups excluding tert-OH is 1. The normalized spacial score (nSPS) is 13.6. The van der Waals surface area contributed by atoms with E-state index in [9.17, 15) is 5.11 Å². The van der Waals surface area contributed by atoms with Crippen molar-refractivity contribution in [2.45, 2.75) is 58.8 Å². The average Bonchev–Trinajstić information content (AvgIpc) is 2.87. The molecule has 4 aromatic rings. The Bertz CT molecular complexity index is 1310. The van der Waals surface area contributed by atoms with Crippen molar-refractivity contribution in [3.8, 4) is 11.1 Å². The van der Waals surface area contributed by atoms with Crippen LogP contribution >= 0.6 is 0 Å². The maximum absolute atomic E-state index is 10.6. The Hall–Kier alpha value is -2.98. The third-order valence-electron chi connectivity index (χ3n) is 7.09. The fourth-order valence-electron chi connectivity index (χ4n) is 4.75. The Morgan fingerprint density at radius 1 is 0.861 bits per heavy atom. The Kier molecular flexibility index (Phi) is 8.25. The maximum Gasteiger partial charge on any atom is 0.0898 e. The summed E-state index contributed by atoms with van der Waals surface area (Å²) in [5.41, 5.74) is 7.30. The summed E-state index contributed by atoms with van der Waals surface area (Å²) in [7, 11) is 0. The van der Waals surface area contributed by atoms with Gasteiger partial charge in [-0.15, -0.1) is 0 Å². The number of ether oxygens (including phenoxy) is 1. The van der Waals surface area contributed by atoms with Gasteiger partial charge in [0.2, 0.25) is 0 Å². The summed E-state index contributed by atoms with van der Waals surface area (Å²) < 4.78 is 6.08. The second-order valence-corrected chi connectivity index (χ2v) is 10.6. The molecule has 0 heterocycles. The molecular weight excluding hydrogens is 442 g/mol. The van der Waals surface area contributed by atoms with Crippen molar-refractivity contribution in [1.29, 1.82) is 0 Å². The van der Waals surface area contributed by atoms with Gasteiger partial charge in [0.15, 0.2) is 0 Å². The molecule has 0 aliphatic heterocycles. The van der Waals surface area contributed by atoms with Crippen LogP contribution in [0, 0.1) is 13.8 Å². The standard InChI is InChI=1S/C33H39NO2/c1-23-10-8-15-32(24(23)2)30-14-9-13-28(19-30)25(3)36-22-31(35)21-34-33(4,5)20-26-16-17-27-11-6-7-12-29(27)18-26/h6-19,25,31,34-35H,20-22H2,1-5H3/t25?,31-/m1/s1. The van der Waals surface area contributed by atoms with Crippen molar-refractivity contribution in [1.82, 2.24) is 5.32 Å². The summed E-state index contributed by atoms with van der Waals surface area (Å²) in [6.07, 6.45) is 0.202. The van der Waals surface area contributed by atoms with Crippen LogP contribution in [0.2, 0.25) is 0 Å². The smallest absolute Gasteiger partial charge is 0.0898 e. The molecule has 4 rings (SSSR count). The molecule has 2 atom stereocenters. The zero-order valence-corrected chi connectivity index (χ0v) is 22.2. The van der Waals surface area contributed by atoms with Crippen molar-refractivity contribution >= 4 is 10.8 Å². The van der Waals surface area contributed by atoms with Crippen LogP contribution in [0.25, 0.3) is 21.9 Å². The molecule has 4 aromatic carbocycles. The Balaban J connectivity index is 1.30. The molecule has 1 unspecified atom stereocenters. The second kappa shape index (κ2) is 11.4. The average molecular weight is 482 g/mol. The predicted octanol–water partition coefficient (Wildman–Crippen LogP) is 7.17. The van der Waals surface area contributed by atoms with Crippen molar-refractivity contribution < 1.29 is 9.84 Å². The molecule has 0 aromatic heterocycles. The Labute approximate surface area is 216 Å². The zero-order valence-electron chi connectivity index (χ0n) is 22.2. The molecule has 0 aliphatic carbocycles. The van der Waals surface area contributed by atoms with Gasteiger partial charge in [-0.2, -0.15) is 0 Å². The van der Waals surface area contributed by atoms with E-state index in [0.717, 1.165) is 12.0 Å². The van der Waals surface area contributed by atoms with Gasteiger partial charge in [-0.3, -0.25) is 0 Å². The van der Waals surface area contributed by atoms with Crippen molar-refractivity contribution in [3.05, 3.63) is 107 Å².